The van der Waals surface area contributed by atoms with Crippen molar-refractivity contribution in [3.63, 3.8) is 0 Å². The van der Waals surface area contributed by atoms with Gasteiger partial charge in [-0.05, 0) is 34.5 Å². The van der Waals surface area contributed by atoms with E-state index in [2.05, 4.69) is 86.4 Å². The zero-order valence-corrected chi connectivity index (χ0v) is 20.1. The molecule has 0 spiro atoms. The van der Waals surface area contributed by atoms with Crippen LogP contribution in [0.2, 0.25) is 0 Å². The van der Waals surface area contributed by atoms with Gasteiger partial charge in [0.2, 0.25) is 0 Å². The third kappa shape index (κ3) is 5.81. The van der Waals surface area contributed by atoms with Gasteiger partial charge < -0.3 is 9.47 Å². The quantitative estimate of drug-likeness (QED) is 0.241. The number of aliphatic imine (C=N–C) groups is 1. The maximum atomic E-state index is 6.18. The van der Waals surface area contributed by atoms with Crippen LogP contribution in [0.25, 0.3) is 0 Å². The second-order valence-corrected chi connectivity index (χ2v) is 10.2. The summed E-state index contributed by atoms with van der Waals surface area (Å²) in [7, 11) is 4.06. The minimum atomic E-state index is -0.113. The van der Waals surface area contributed by atoms with Crippen molar-refractivity contribution in [2.24, 2.45) is 4.99 Å². The van der Waals surface area contributed by atoms with Gasteiger partial charge in [-0.15, -0.1) is 0 Å². The van der Waals surface area contributed by atoms with E-state index in [1.54, 1.807) is 7.11 Å². The van der Waals surface area contributed by atoms with Crippen LogP contribution < -0.4 is 10.0 Å². The molecule has 162 valence electrons. The average Bonchev–Trinajstić information content (AvgIpc) is 2.76. The molecule has 0 aliphatic carbocycles. The molecule has 1 atom stereocenters. The van der Waals surface area contributed by atoms with E-state index in [4.69, 9.17) is 9.47 Å². The molecular formula is C27H32NO2P. The molecule has 4 heteroatoms. The van der Waals surface area contributed by atoms with Crippen LogP contribution in [-0.2, 0) is 16.3 Å². The van der Waals surface area contributed by atoms with Crippen molar-refractivity contribution < 1.29 is 9.47 Å². The van der Waals surface area contributed by atoms with Crippen LogP contribution >= 0.6 is 8.58 Å². The third-order valence-corrected chi connectivity index (χ3v) is 7.17. The number of benzene rings is 3. The largest absolute Gasteiger partial charge is 0.467 e. The van der Waals surface area contributed by atoms with Crippen molar-refractivity contribution in [1.29, 1.82) is 0 Å². The Morgan fingerprint density at radius 2 is 1.71 bits per heavy atom. The molecule has 0 saturated heterocycles. The lowest BCUT2D eigenvalue weighted by molar-refractivity contribution is 0.0495. The summed E-state index contributed by atoms with van der Waals surface area (Å²) in [5.41, 5.74) is 6.14. The first-order valence-corrected chi connectivity index (χ1v) is 11.5. The van der Waals surface area contributed by atoms with E-state index in [1.165, 1.54) is 33.1 Å². The molecule has 0 amide bonds. The van der Waals surface area contributed by atoms with Gasteiger partial charge in [0.1, 0.15) is 5.75 Å². The van der Waals surface area contributed by atoms with Crippen LogP contribution in [0.1, 0.15) is 41.7 Å². The van der Waals surface area contributed by atoms with Crippen LogP contribution in [0.5, 0.6) is 5.75 Å². The number of nitrogens with zero attached hydrogens (tertiary/aromatic N) is 1. The summed E-state index contributed by atoms with van der Waals surface area (Å²) in [6.45, 7) is 7.01. The first-order valence-electron chi connectivity index (χ1n) is 10.5. The lowest BCUT2D eigenvalue weighted by Crippen LogP contribution is -2.20. The van der Waals surface area contributed by atoms with E-state index in [9.17, 15) is 0 Å². The minimum absolute atomic E-state index is 0.113. The highest BCUT2D eigenvalue weighted by molar-refractivity contribution is 7.48. The molecule has 1 unspecified atom stereocenters. The van der Waals surface area contributed by atoms with E-state index in [-0.39, 0.29) is 11.9 Å². The molecule has 3 aromatic carbocycles. The molecule has 0 aromatic heterocycles. The highest BCUT2D eigenvalue weighted by Gasteiger charge is 2.28. The van der Waals surface area contributed by atoms with Gasteiger partial charge in [-0.3, -0.25) is 4.99 Å². The fourth-order valence-electron chi connectivity index (χ4n) is 3.81. The zero-order chi connectivity index (χ0) is 22.3. The van der Waals surface area contributed by atoms with Gasteiger partial charge in [0, 0.05) is 37.5 Å². The maximum Gasteiger partial charge on any atom is 0.188 e. The van der Waals surface area contributed by atoms with Crippen molar-refractivity contribution in [3.8, 4) is 5.75 Å². The number of aryl methyl sites for hydroxylation is 1. The monoisotopic (exact) mass is 433 g/mol. The summed E-state index contributed by atoms with van der Waals surface area (Å²) in [6, 6.07) is 23.4. The number of ether oxygens (including phenoxy) is 2. The Bertz CT molecular complexity index is 1030. The van der Waals surface area contributed by atoms with Crippen molar-refractivity contribution in [1.82, 2.24) is 0 Å². The van der Waals surface area contributed by atoms with E-state index < -0.39 is 0 Å². The molecule has 31 heavy (non-hydrogen) atoms. The molecule has 3 nitrogen and oxygen atoms in total. The van der Waals surface area contributed by atoms with E-state index in [0.717, 1.165) is 12.2 Å². The van der Waals surface area contributed by atoms with Crippen molar-refractivity contribution in [3.05, 3.63) is 94.5 Å². The number of para-hydroxylation sites is 1. The van der Waals surface area contributed by atoms with Crippen molar-refractivity contribution in [2.75, 3.05) is 21.0 Å². The molecule has 0 aliphatic heterocycles. The molecule has 0 bridgehead atoms. The number of hydrogen-bond acceptors (Lipinski definition) is 3. The van der Waals surface area contributed by atoms with Crippen LogP contribution in [0.3, 0.4) is 0 Å². The molecule has 0 aliphatic rings. The second kappa shape index (κ2) is 10.7. The molecule has 3 rings (SSSR count). The summed E-state index contributed by atoms with van der Waals surface area (Å²) in [6.07, 6.45) is 2.78. The van der Waals surface area contributed by atoms with Gasteiger partial charge in [0.15, 0.2) is 6.79 Å². The molecule has 0 heterocycles. The van der Waals surface area contributed by atoms with Crippen molar-refractivity contribution in [2.45, 2.75) is 32.3 Å². The maximum absolute atomic E-state index is 6.18. The summed E-state index contributed by atoms with van der Waals surface area (Å²) >= 11 is 0. The lowest BCUT2D eigenvalue weighted by Gasteiger charge is -2.30. The van der Waals surface area contributed by atoms with Gasteiger partial charge in [-0.25, -0.2) is 0 Å². The Morgan fingerprint density at radius 1 is 0.968 bits per heavy atom. The Morgan fingerprint density at radius 3 is 2.42 bits per heavy atom. The Balaban J connectivity index is 2.03. The summed E-state index contributed by atoms with van der Waals surface area (Å²) in [4.78, 5) is 4.27. The van der Waals surface area contributed by atoms with E-state index >= 15 is 0 Å². The number of methoxy groups -OCH3 is 1. The Labute approximate surface area is 188 Å². The molecule has 0 N–H and O–H groups in total. The SMILES string of the molecule is C/N=C/c1cccc(C)c1PC(C)(C)c1cccc(Cc2ccccc2)c1OCOC. The summed E-state index contributed by atoms with van der Waals surface area (Å²) in [5.74, 6) is 0.935. The molecule has 0 radical (unpaired) electrons. The fourth-order valence-corrected chi connectivity index (χ4v) is 5.34. The smallest absolute Gasteiger partial charge is 0.188 e. The van der Waals surface area contributed by atoms with Gasteiger partial charge >= 0.3 is 0 Å². The standard InChI is InChI=1S/C27H32NO2P/c1-20-11-9-15-23(18-28-4)26(20)31-27(2,3)24-16-10-14-22(25(24)30-19-29-5)17-21-12-7-6-8-13-21/h6-16,18,31H,17,19H2,1-5H3/b28-18+. The molecule has 3 aromatic rings. The van der Waals surface area contributed by atoms with Crippen LogP contribution in [-0.4, -0.2) is 27.2 Å². The van der Waals surface area contributed by atoms with E-state index in [0.29, 0.717) is 8.58 Å². The number of hydrogen-bond donors (Lipinski definition) is 0. The van der Waals surface area contributed by atoms with Crippen LogP contribution in [0, 0.1) is 6.92 Å². The normalized spacial score (nSPS) is 12.2. The predicted molar refractivity (Wildman–Crippen MR) is 134 cm³/mol. The Hall–Kier alpha value is -2.48. The summed E-state index contributed by atoms with van der Waals surface area (Å²) in [5, 5.41) is 1.24. The molecule has 0 fully saturated rings. The second-order valence-electron chi connectivity index (χ2n) is 8.18. The van der Waals surface area contributed by atoms with Gasteiger partial charge in [0.05, 0.1) is 0 Å². The zero-order valence-electron chi connectivity index (χ0n) is 19.1. The average molecular weight is 434 g/mol. The molecular weight excluding hydrogens is 401 g/mol. The number of rotatable bonds is 9. The lowest BCUT2D eigenvalue weighted by atomic mass is 9.95. The van der Waals surface area contributed by atoms with Crippen molar-refractivity contribution >= 4 is 20.1 Å². The molecule has 0 saturated carbocycles. The van der Waals surface area contributed by atoms with Crippen LogP contribution in [0.4, 0.5) is 0 Å². The highest BCUT2D eigenvalue weighted by Crippen LogP contribution is 2.46. The van der Waals surface area contributed by atoms with Gasteiger partial charge in [0.25, 0.3) is 0 Å². The first kappa shape index (κ1) is 23.2. The van der Waals surface area contributed by atoms with Crippen LogP contribution in [0.15, 0.2) is 71.7 Å². The fraction of sp³-hybridized carbons (Fsp3) is 0.296. The van der Waals surface area contributed by atoms with Gasteiger partial charge in [-0.2, -0.15) is 0 Å². The van der Waals surface area contributed by atoms with Gasteiger partial charge in [-0.1, -0.05) is 89.2 Å². The Kier molecular flexibility index (Phi) is 8.01. The summed E-state index contributed by atoms with van der Waals surface area (Å²) < 4.78 is 11.4. The van der Waals surface area contributed by atoms with E-state index in [1.807, 2.05) is 19.3 Å². The topological polar surface area (TPSA) is 30.8 Å². The highest BCUT2D eigenvalue weighted by atomic mass is 31.1. The first-order chi connectivity index (χ1) is 15.0. The third-order valence-electron chi connectivity index (χ3n) is 5.34. The predicted octanol–water partition coefficient (Wildman–Crippen LogP) is 5.86. The minimum Gasteiger partial charge on any atom is -0.467 e.